The molecule has 0 aromatic carbocycles. The molecule has 0 radical (unpaired) electrons. The van der Waals surface area contributed by atoms with E-state index in [1.807, 2.05) is 0 Å². The van der Waals surface area contributed by atoms with Gasteiger partial charge in [0.2, 0.25) is 0 Å². The van der Waals surface area contributed by atoms with Crippen molar-refractivity contribution in [3.8, 4) is 0 Å². The topological polar surface area (TPSA) is 12.0 Å². The largest absolute Gasteiger partial charge is 0.312 e. The van der Waals surface area contributed by atoms with Crippen LogP contribution >= 0.6 is 0 Å². The number of rotatable bonds is 2. The van der Waals surface area contributed by atoms with Crippen molar-refractivity contribution < 1.29 is 0 Å². The maximum atomic E-state index is 3.59. The summed E-state index contributed by atoms with van der Waals surface area (Å²) in [6, 6.07) is 1.46. The first-order chi connectivity index (χ1) is 4.70. The second kappa shape index (κ2) is 3.38. The Hall–Kier alpha value is -0.0400. The Bertz CT molecular complexity index is 98.9. The third kappa shape index (κ3) is 1.98. The highest BCUT2D eigenvalue weighted by molar-refractivity contribution is 4.80. The molecule has 10 heavy (non-hydrogen) atoms. The van der Waals surface area contributed by atoms with Crippen LogP contribution in [-0.4, -0.2) is 12.1 Å². The summed E-state index contributed by atoms with van der Waals surface area (Å²) < 4.78 is 0. The van der Waals surface area contributed by atoms with Crippen LogP contribution in [0.15, 0.2) is 0 Å². The lowest BCUT2D eigenvalue weighted by Crippen LogP contribution is -2.36. The van der Waals surface area contributed by atoms with Gasteiger partial charge in [0.05, 0.1) is 0 Å². The first-order valence-corrected chi connectivity index (χ1v) is 4.46. The maximum Gasteiger partial charge on any atom is 0.00950 e. The Morgan fingerprint density at radius 1 is 1.30 bits per heavy atom. The summed E-state index contributed by atoms with van der Waals surface area (Å²) in [5.74, 6) is 0.905. The molecule has 1 saturated carbocycles. The third-order valence-electron chi connectivity index (χ3n) is 2.41. The van der Waals surface area contributed by atoms with Gasteiger partial charge in [-0.25, -0.2) is 0 Å². The second-order valence-corrected chi connectivity index (χ2v) is 3.84. The summed E-state index contributed by atoms with van der Waals surface area (Å²) in [6.45, 7) is 6.81. The first kappa shape index (κ1) is 8.06. The molecule has 1 heteroatoms. The molecular weight excluding hydrogens is 122 g/mol. The van der Waals surface area contributed by atoms with E-state index in [1.165, 1.54) is 19.3 Å². The predicted octanol–water partition coefficient (Wildman–Crippen LogP) is 2.17. The lowest BCUT2D eigenvalue weighted by Gasteiger charge is -2.19. The molecule has 0 aromatic rings. The van der Waals surface area contributed by atoms with E-state index in [1.54, 1.807) is 0 Å². The van der Waals surface area contributed by atoms with Crippen LogP contribution in [-0.2, 0) is 0 Å². The number of hydrogen-bond donors (Lipinski definition) is 1. The zero-order valence-electron chi connectivity index (χ0n) is 7.35. The minimum Gasteiger partial charge on any atom is -0.312 e. The number of hydrogen-bond acceptors (Lipinski definition) is 1. The molecule has 0 amide bonds. The maximum absolute atomic E-state index is 3.59. The Labute approximate surface area is 64.2 Å². The Morgan fingerprint density at radius 2 is 2.00 bits per heavy atom. The van der Waals surface area contributed by atoms with E-state index in [9.17, 15) is 0 Å². The number of nitrogens with one attached hydrogen (secondary N) is 1. The molecule has 0 bridgehead atoms. The highest BCUT2D eigenvalue weighted by Crippen LogP contribution is 2.24. The van der Waals surface area contributed by atoms with Crippen molar-refractivity contribution in [2.45, 2.75) is 52.1 Å². The first-order valence-electron chi connectivity index (χ1n) is 4.46. The minimum atomic E-state index is 0.658. The molecule has 0 unspecified atom stereocenters. The van der Waals surface area contributed by atoms with Gasteiger partial charge in [-0.05, 0) is 18.8 Å². The molecule has 2 atom stereocenters. The molecule has 1 nitrogen and oxygen atoms in total. The summed E-state index contributed by atoms with van der Waals surface area (Å²) >= 11 is 0. The van der Waals surface area contributed by atoms with Crippen molar-refractivity contribution in [1.29, 1.82) is 0 Å². The molecule has 1 aliphatic carbocycles. The van der Waals surface area contributed by atoms with Gasteiger partial charge in [-0.15, -0.1) is 0 Å². The molecule has 0 spiro atoms. The summed E-state index contributed by atoms with van der Waals surface area (Å²) in [6.07, 6.45) is 4.23. The lowest BCUT2D eigenvalue weighted by molar-refractivity contribution is 0.395. The summed E-state index contributed by atoms with van der Waals surface area (Å²) in [7, 11) is 0. The van der Waals surface area contributed by atoms with Gasteiger partial charge in [0.25, 0.3) is 0 Å². The highest BCUT2D eigenvalue weighted by atomic mass is 14.9. The van der Waals surface area contributed by atoms with E-state index in [0.29, 0.717) is 6.04 Å². The Balaban J connectivity index is 2.26. The zero-order valence-corrected chi connectivity index (χ0v) is 7.35. The quantitative estimate of drug-likeness (QED) is 0.621. The standard InChI is InChI=1S/C9H19N/c1-7(2)10-9-6-4-5-8(9)3/h7-10H,4-6H2,1-3H3/t8-,9-/m1/s1. The SMILES string of the molecule is CC(C)N[C@@H]1CCC[C@H]1C. The van der Waals surface area contributed by atoms with Crippen LogP contribution in [0.5, 0.6) is 0 Å². The average Bonchev–Trinajstić information content (AvgIpc) is 2.15. The van der Waals surface area contributed by atoms with Crippen LogP contribution in [0.25, 0.3) is 0 Å². The smallest absolute Gasteiger partial charge is 0.00950 e. The summed E-state index contributed by atoms with van der Waals surface area (Å²) in [4.78, 5) is 0. The highest BCUT2D eigenvalue weighted by Gasteiger charge is 2.22. The molecule has 0 aromatic heterocycles. The van der Waals surface area contributed by atoms with Crippen molar-refractivity contribution in [3.63, 3.8) is 0 Å². The van der Waals surface area contributed by atoms with E-state index in [-0.39, 0.29) is 0 Å². The van der Waals surface area contributed by atoms with Gasteiger partial charge in [0, 0.05) is 12.1 Å². The van der Waals surface area contributed by atoms with Gasteiger partial charge in [-0.2, -0.15) is 0 Å². The van der Waals surface area contributed by atoms with E-state index in [0.717, 1.165) is 12.0 Å². The molecule has 1 rings (SSSR count). The van der Waals surface area contributed by atoms with Crippen LogP contribution in [0.4, 0.5) is 0 Å². The van der Waals surface area contributed by atoms with Gasteiger partial charge < -0.3 is 5.32 Å². The third-order valence-corrected chi connectivity index (χ3v) is 2.41. The van der Waals surface area contributed by atoms with Crippen LogP contribution < -0.4 is 5.32 Å². The van der Waals surface area contributed by atoms with Crippen molar-refractivity contribution >= 4 is 0 Å². The summed E-state index contributed by atoms with van der Waals surface area (Å²) in [5.41, 5.74) is 0. The fourth-order valence-corrected chi connectivity index (χ4v) is 1.82. The molecule has 60 valence electrons. The fraction of sp³-hybridized carbons (Fsp3) is 1.00. The average molecular weight is 141 g/mol. The Morgan fingerprint density at radius 3 is 2.40 bits per heavy atom. The van der Waals surface area contributed by atoms with Crippen molar-refractivity contribution in [2.75, 3.05) is 0 Å². The van der Waals surface area contributed by atoms with Gasteiger partial charge in [0.1, 0.15) is 0 Å². The van der Waals surface area contributed by atoms with Crippen LogP contribution in [0.2, 0.25) is 0 Å². The van der Waals surface area contributed by atoms with Gasteiger partial charge >= 0.3 is 0 Å². The minimum absolute atomic E-state index is 0.658. The zero-order chi connectivity index (χ0) is 7.56. The van der Waals surface area contributed by atoms with E-state index >= 15 is 0 Å². The van der Waals surface area contributed by atoms with Gasteiger partial charge in [0.15, 0.2) is 0 Å². The van der Waals surface area contributed by atoms with Crippen LogP contribution in [0.1, 0.15) is 40.0 Å². The molecule has 0 aliphatic heterocycles. The monoisotopic (exact) mass is 141 g/mol. The van der Waals surface area contributed by atoms with Crippen molar-refractivity contribution in [2.24, 2.45) is 5.92 Å². The molecule has 0 saturated heterocycles. The molecule has 1 aliphatic rings. The molecule has 1 N–H and O–H groups in total. The van der Waals surface area contributed by atoms with E-state index < -0.39 is 0 Å². The van der Waals surface area contributed by atoms with Crippen molar-refractivity contribution in [3.05, 3.63) is 0 Å². The normalized spacial score (nSPS) is 33.6. The fourth-order valence-electron chi connectivity index (χ4n) is 1.82. The van der Waals surface area contributed by atoms with Gasteiger partial charge in [-0.3, -0.25) is 0 Å². The molecule has 0 heterocycles. The lowest BCUT2D eigenvalue weighted by atomic mass is 10.1. The van der Waals surface area contributed by atoms with Gasteiger partial charge in [-0.1, -0.05) is 27.2 Å². The predicted molar refractivity (Wildman–Crippen MR) is 45.1 cm³/mol. The van der Waals surface area contributed by atoms with Crippen LogP contribution in [0.3, 0.4) is 0 Å². The molecular formula is C9H19N. The summed E-state index contributed by atoms with van der Waals surface area (Å²) in [5, 5.41) is 3.59. The molecule has 1 fully saturated rings. The Kier molecular flexibility index (Phi) is 2.72. The second-order valence-electron chi connectivity index (χ2n) is 3.84. The van der Waals surface area contributed by atoms with E-state index in [2.05, 4.69) is 26.1 Å². The van der Waals surface area contributed by atoms with Crippen LogP contribution in [0, 0.1) is 5.92 Å². The van der Waals surface area contributed by atoms with Crippen molar-refractivity contribution in [1.82, 2.24) is 5.32 Å². The van der Waals surface area contributed by atoms with E-state index in [4.69, 9.17) is 0 Å².